The molecule has 3 atom stereocenters. The van der Waals surface area contributed by atoms with Crippen LogP contribution >= 0.6 is 22.7 Å². The first-order valence-corrected chi connectivity index (χ1v) is 17.0. The van der Waals surface area contributed by atoms with E-state index in [4.69, 9.17) is 4.98 Å². The van der Waals surface area contributed by atoms with E-state index >= 15 is 0 Å². The van der Waals surface area contributed by atoms with Crippen molar-refractivity contribution in [2.45, 2.75) is 56.7 Å². The zero-order chi connectivity index (χ0) is 28.1. The second-order valence-electron chi connectivity index (χ2n) is 11.0. The molecule has 0 radical (unpaired) electrons. The molecule has 0 spiro atoms. The van der Waals surface area contributed by atoms with E-state index in [0.717, 1.165) is 36.7 Å². The number of benzene rings is 1. The molecular formula is C28H30FN5O3S3. The number of hydrogen-bond donors (Lipinski definition) is 1. The molecule has 3 heterocycles. The van der Waals surface area contributed by atoms with E-state index in [1.165, 1.54) is 0 Å². The van der Waals surface area contributed by atoms with Crippen LogP contribution in [0.5, 0.6) is 0 Å². The maximum Gasteiger partial charge on any atom is 0.225 e. The third kappa shape index (κ3) is 5.51. The van der Waals surface area contributed by atoms with E-state index in [9.17, 15) is 22.9 Å². The van der Waals surface area contributed by atoms with Crippen LogP contribution in [0.2, 0.25) is 0 Å². The third-order valence-corrected chi connectivity index (χ3v) is 11.9. The first-order chi connectivity index (χ1) is 19.2. The van der Waals surface area contributed by atoms with Gasteiger partial charge in [-0.3, -0.25) is 4.79 Å². The van der Waals surface area contributed by atoms with Crippen LogP contribution in [0.4, 0.5) is 10.1 Å². The molecule has 1 aromatic carbocycles. The van der Waals surface area contributed by atoms with E-state index in [-0.39, 0.29) is 29.8 Å². The number of thiazole rings is 2. The number of nitrogens with zero attached hydrogens (tertiary/aromatic N) is 4. The summed E-state index contributed by atoms with van der Waals surface area (Å²) in [5.41, 5.74) is 1.89. The number of carbonyl (C=O) groups is 1. The fourth-order valence-corrected chi connectivity index (χ4v) is 8.76. The van der Waals surface area contributed by atoms with Gasteiger partial charge in [0.1, 0.15) is 16.7 Å². The summed E-state index contributed by atoms with van der Waals surface area (Å²) >= 11 is 3.11. The van der Waals surface area contributed by atoms with Gasteiger partial charge in [-0.05, 0) is 56.7 Å². The summed E-state index contributed by atoms with van der Waals surface area (Å²) in [6, 6.07) is 10.2. The van der Waals surface area contributed by atoms with Gasteiger partial charge >= 0.3 is 0 Å². The van der Waals surface area contributed by atoms with Crippen LogP contribution in [0, 0.1) is 24.2 Å². The van der Waals surface area contributed by atoms with Gasteiger partial charge in [-0.1, -0.05) is 12.1 Å². The summed E-state index contributed by atoms with van der Waals surface area (Å²) in [6.45, 7) is 2.88. The molecule has 210 valence electrons. The summed E-state index contributed by atoms with van der Waals surface area (Å²) in [4.78, 5) is 26.8. The summed E-state index contributed by atoms with van der Waals surface area (Å²) in [5.74, 6) is -0.849. The Hall–Kier alpha value is -2.88. The number of aromatic nitrogens is 2. The van der Waals surface area contributed by atoms with Gasteiger partial charge in [-0.25, -0.2) is 22.8 Å². The minimum atomic E-state index is -2.97. The summed E-state index contributed by atoms with van der Waals surface area (Å²) in [6.07, 6.45) is 2.96. The number of halogens is 1. The van der Waals surface area contributed by atoms with Crippen molar-refractivity contribution in [1.82, 2.24) is 15.3 Å². The molecule has 2 saturated carbocycles. The Labute approximate surface area is 241 Å². The van der Waals surface area contributed by atoms with Crippen molar-refractivity contribution in [2.24, 2.45) is 5.92 Å². The molecule has 6 rings (SSSR count). The highest BCUT2D eigenvalue weighted by atomic mass is 32.2. The predicted molar refractivity (Wildman–Crippen MR) is 155 cm³/mol. The molecule has 1 saturated heterocycles. The first kappa shape index (κ1) is 27.3. The van der Waals surface area contributed by atoms with E-state index < -0.39 is 27.5 Å². The van der Waals surface area contributed by atoms with Gasteiger partial charge in [0.25, 0.3) is 0 Å². The van der Waals surface area contributed by atoms with Crippen molar-refractivity contribution in [3.63, 3.8) is 0 Å². The fourth-order valence-electron chi connectivity index (χ4n) is 5.60. The molecule has 2 aliphatic carbocycles. The second-order valence-corrected chi connectivity index (χ2v) is 15.5. The van der Waals surface area contributed by atoms with E-state index in [2.05, 4.69) is 21.3 Å². The minimum Gasteiger partial charge on any atom is -0.369 e. The highest BCUT2D eigenvalue weighted by Crippen LogP contribution is 2.47. The summed E-state index contributed by atoms with van der Waals surface area (Å²) in [7, 11) is -2.97. The Morgan fingerprint density at radius 2 is 1.90 bits per heavy atom. The Balaban J connectivity index is 1.35. The lowest BCUT2D eigenvalue weighted by Gasteiger charge is -2.32. The van der Waals surface area contributed by atoms with Crippen LogP contribution < -0.4 is 10.2 Å². The van der Waals surface area contributed by atoms with Gasteiger partial charge in [-0.15, -0.1) is 22.7 Å². The number of aryl methyl sites for hydroxylation is 1. The van der Waals surface area contributed by atoms with Gasteiger partial charge in [0.2, 0.25) is 5.91 Å². The molecule has 1 aliphatic heterocycles. The zero-order valence-corrected chi connectivity index (χ0v) is 24.5. The number of carbonyl (C=O) groups excluding carboxylic acids is 1. The quantitative estimate of drug-likeness (QED) is 0.430. The number of amides is 1. The van der Waals surface area contributed by atoms with Crippen LogP contribution in [-0.2, 0) is 14.6 Å². The maximum absolute atomic E-state index is 14.7. The van der Waals surface area contributed by atoms with Crippen molar-refractivity contribution >= 4 is 44.1 Å². The van der Waals surface area contributed by atoms with Crippen molar-refractivity contribution in [1.29, 1.82) is 5.26 Å². The molecular weight excluding hydrogens is 570 g/mol. The molecule has 3 fully saturated rings. The molecule has 1 amide bonds. The number of nitrogens with one attached hydrogen (secondary N) is 1. The SMILES string of the molecule is Cc1ncc(-c2nc(C3CCC(F)CC3C(=O)NC3(C#N)CC3)c(-c3ccc(N4CCS(=O)(=O)CC4)cc3)s2)s1. The smallest absolute Gasteiger partial charge is 0.225 e. The van der Waals surface area contributed by atoms with Crippen LogP contribution in [0.25, 0.3) is 20.3 Å². The number of hydrogen-bond acceptors (Lipinski definition) is 9. The van der Waals surface area contributed by atoms with E-state index in [1.54, 1.807) is 22.7 Å². The lowest BCUT2D eigenvalue weighted by atomic mass is 9.75. The number of anilines is 1. The molecule has 3 unspecified atom stereocenters. The van der Waals surface area contributed by atoms with Crippen LogP contribution in [-0.4, -0.2) is 60.6 Å². The first-order valence-electron chi connectivity index (χ1n) is 13.5. The molecule has 2 aromatic heterocycles. The molecule has 40 heavy (non-hydrogen) atoms. The third-order valence-electron chi connectivity index (χ3n) is 8.13. The van der Waals surface area contributed by atoms with Gasteiger partial charge in [0.15, 0.2) is 9.84 Å². The lowest BCUT2D eigenvalue weighted by Crippen LogP contribution is -2.44. The lowest BCUT2D eigenvalue weighted by molar-refractivity contribution is -0.128. The normalized spacial score (nSPS) is 25.2. The van der Waals surface area contributed by atoms with Gasteiger partial charge in [0, 0.05) is 36.8 Å². The average Bonchev–Trinajstić information content (AvgIpc) is 3.35. The Morgan fingerprint density at radius 3 is 2.52 bits per heavy atom. The monoisotopic (exact) mass is 599 g/mol. The summed E-state index contributed by atoms with van der Waals surface area (Å²) < 4.78 is 38.4. The minimum absolute atomic E-state index is 0.112. The van der Waals surface area contributed by atoms with Gasteiger partial charge in [0.05, 0.1) is 38.0 Å². The van der Waals surface area contributed by atoms with Crippen LogP contribution in [0.3, 0.4) is 0 Å². The molecule has 3 aromatic rings. The number of sulfone groups is 1. The number of alkyl halides is 1. The number of rotatable bonds is 6. The molecule has 8 nitrogen and oxygen atoms in total. The van der Waals surface area contributed by atoms with Crippen molar-refractivity contribution in [3.05, 3.63) is 41.2 Å². The summed E-state index contributed by atoms with van der Waals surface area (Å²) in [5, 5.41) is 14.2. The Morgan fingerprint density at radius 1 is 1.18 bits per heavy atom. The van der Waals surface area contributed by atoms with Crippen molar-refractivity contribution in [2.75, 3.05) is 29.5 Å². The predicted octanol–water partition coefficient (Wildman–Crippen LogP) is 4.87. The Bertz CT molecular complexity index is 1560. The molecule has 12 heteroatoms. The highest BCUT2D eigenvalue weighted by Gasteiger charge is 2.48. The number of nitriles is 1. The standard InChI is InChI=1S/C28H30FN5O3S3/c1-17-31-15-23(38-17)27-32-24(21-7-4-19(29)14-22(21)26(35)33-28(16-30)8-9-28)25(39-27)18-2-5-20(6-3-18)34-10-12-40(36,37)13-11-34/h2-3,5-6,15,19,21-22H,4,7-14H2,1H3,(H,33,35). The van der Waals surface area contributed by atoms with Gasteiger partial charge in [-0.2, -0.15) is 5.26 Å². The second kappa shape index (κ2) is 10.5. The van der Waals surface area contributed by atoms with Crippen molar-refractivity contribution in [3.8, 4) is 26.4 Å². The fraction of sp³-hybridized carbons (Fsp3) is 0.500. The average molecular weight is 600 g/mol. The molecule has 0 bridgehead atoms. The van der Waals surface area contributed by atoms with Crippen LogP contribution in [0.15, 0.2) is 30.5 Å². The highest BCUT2D eigenvalue weighted by molar-refractivity contribution is 7.91. The van der Waals surface area contributed by atoms with Crippen LogP contribution in [0.1, 0.15) is 48.7 Å². The largest absolute Gasteiger partial charge is 0.369 e. The Kier molecular flexibility index (Phi) is 7.17. The van der Waals surface area contributed by atoms with Crippen molar-refractivity contribution < 1.29 is 17.6 Å². The van der Waals surface area contributed by atoms with Gasteiger partial charge < -0.3 is 10.2 Å². The van der Waals surface area contributed by atoms with E-state index in [1.807, 2.05) is 37.4 Å². The zero-order valence-electron chi connectivity index (χ0n) is 22.1. The topological polar surface area (TPSA) is 116 Å². The molecule has 3 aliphatic rings. The van der Waals surface area contributed by atoms with E-state index in [0.29, 0.717) is 38.8 Å². The maximum atomic E-state index is 14.7. The molecule has 1 N–H and O–H groups in total.